The molecule has 0 saturated heterocycles. The van der Waals surface area contributed by atoms with Crippen molar-refractivity contribution in [2.24, 2.45) is 0 Å². The van der Waals surface area contributed by atoms with E-state index >= 15 is 0 Å². The van der Waals surface area contributed by atoms with Crippen LogP contribution >= 0.6 is 10.1 Å². The third-order valence-corrected chi connectivity index (χ3v) is 7.91. The van der Waals surface area contributed by atoms with Crippen molar-refractivity contribution < 1.29 is 0 Å². The summed E-state index contributed by atoms with van der Waals surface area (Å²) in [5, 5.41) is 0. The van der Waals surface area contributed by atoms with Gasteiger partial charge >= 0.3 is 122 Å². The van der Waals surface area contributed by atoms with Gasteiger partial charge in [-0.3, -0.25) is 0 Å². The summed E-state index contributed by atoms with van der Waals surface area (Å²) >= 11 is -1.46. The van der Waals surface area contributed by atoms with Crippen LogP contribution in [0.25, 0.3) is 4.47 Å². The third kappa shape index (κ3) is 2.64. The van der Waals surface area contributed by atoms with Crippen LogP contribution in [0.2, 0.25) is 0 Å². The second-order valence-electron chi connectivity index (χ2n) is 4.24. The van der Waals surface area contributed by atoms with E-state index in [1.807, 2.05) is 12.1 Å². The summed E-state index contributed by atoms with van der Waals surface area (Å²) in [5.74, 6) is 0. The first kappa shape index (κ1) is 12.6. The predicted octanol–water partition coefficient (Wildman–Crippen LogP) is 4.21. The van der Waals surface area contributed by atoms with Crippen LogP contribution < -0.4 is 0 Å². The van der Waals surface area contributed by atoms with Gasteiger partial charge in [0.25, 0.3) is 0 Å². The van der Waals surface area contributed by atoms with Crippen LogP contribution in [0.1, 0.15) is 11.1 Å². The molecule has 0 aromatic heterocycles. The van der Waals surface area contributed by atoms with Gasteiger partial charge < -0.3 is 0 Å². The van der Waals surface area contributed by atoms with E-state index < -0.39 is 12.6 Å². The minimum atomic E-state index is -1.46. The van der Waals surface area contributed by atoms with Gasteiger partial charge in [0, 0.05) is 0 Å². The van der Waals surface area contributed by atoms with Crippen LogP contribution in [-0.4, -0.2) is 17.0 Å². The summed E-state index contributed by atoms with van der Waals surface area (Å²) in [6.45, 7) is 0. The number of hydrogen-bond donors (Lipinski definition) is 0. The van der Waals surface area contributed by atoms with E-state index in [1.165, 1.54) is 20.0 Å². The minimum absolute atomic E-state index is 1.24. The van der Waals surface area contributed by atoms with Crippen molar-refractivity contribution in [1.29, 1.82) is 0 Å². The van der Waals surface area contributed by atoms with Gasteiger partial charge in [0.1, 0.15) is 0 Å². The standard InChI is InChI=1S/C17H13ClSe/c18-19-16(14-8-3-1-4-9-14)12-7-13-17(19)15-10-5-2-6-11-15/h1-13H. The molecule has 94 valence electrons. The Morgan fingerprint density at radius 1 is 0.737 bits per heavy atom. The molecule has 1 atom stereocenters. The first-order chi connectivity index (χ1) is 9.36. The molecular formula is C17H13ClSe. The van der Waals surface area contributed by atoms with Gasteiger partial charge in [-0.15, -0.1) is 0 Å². The molecule has 19 heavy (non-hydrogen) atoms. The average Bonchev–Trinajstić information content (AvgIpc) is 2.49. The van der Waals surface area contributed by atoms with Crippen LogP contribution in [-0.2, 0) is 0 Å². The van der Waals surface area contributed by atoms with Crippen molar-refractivity contribution in [3.05, 3.63) is 90.0 Å². The molecule has 0 nitrogen and oxygen atoms in total. The van der Waals surface area contributed by atoms with Gasteiger partial charge in [-0.05, 0) is 0 Å². The number of benzene rings is 2. The molecular weight excluding hydrogens is 319 g/mol. The summed E-state index contributed by atoms with van der Waals surface area (Å²) in [4.78, 5) is 0. The van der Waals surface area contributed by atoms with Gasteiger partial charge in [-0.1, -0.05) is 0 Å². The molecule has 3 rings (SSSR count). The Kier molecular flexibility index (Phi) is 3.79. The molecule has 0 saturated carbocycles. The van der Waals surface area contributed by atoms with Crippen LogP contribution in [0.5, 0.6) is 0 Å². The zero-order valence-corrected chi connectivity index (χ0v) is 12.8. The van der Waals surface area contributed by atoms with E-state index in [2.05, 4.69) is 66.8 Å². The monoisotopic (exact) mass is 332 g/mol. The number of rotatable bonds is 2. The second kappa shape index (κ2) is 5.71. The van der Waals surface area contributed by atoms with Gasteiger partial charge in [-0.25, -0.2) is 0 Å². The fourth-order valence-corrected chi connectivity index (χ4v) is 6.29. The van der Waals surface area contributed by atoms with Gasteiger partial charge in [-0.2, -0.15) is 0 Å². The third-order valence-electron chi connectivity index (χ3n) is 3.00. The molecule has 0 amide bonds. The van der Waals surface area contributed by atoms with E-state index in [4.69, 9.17) is 10.1 Å². The molecule has 1 heterocycles. The topological polar surface area (TPSA) is 0 Å². The summed E-state index contributed by atoms with van der Waals surface area (Å²) in [5.41, 5.74) is 2.47. The Morgan fingerprint density at radius 3 is 1.95 bits per heavy atom. The number of halogens is 1. The van der Waals surface area contributed by atoms with E-state index in [0.29, 0.717) is 0 Å². The molecule has 0 bridgehead atoms. The van der Waals surface area contributed by atoms with Crippen molar-refractivity contribution in [3.8, 4) is 0 Å². The Labute approximate surface area is 121 Å². The van der Waals surface area contributed by atoms with Crippen molar-refractivity contribution in [2.45, 2.75) is 0 Å². The molecule has 0 radical (unpaired) electrons. The molecule has 1 unspecified atom stereocenters. The summed E-state index contributed by atoms with van der Waals surface area (Å²) in [6.07, 6.45) is 6.41. The zero-order chi connectivity index (χ0) is 13.1. The SMILES string of the molecule is Cl[Se]1=C(c2ccccc2)C=CC=C1c1ccccc1. The van der Waals surface area contributed by atoms with E-state index in [9.17, 15) is 0 Å². The summed E-state index contributed by atoms with van der Waals surface area (Å²) < 4.78 is 2.56. The molecule has 2 heteroatoms. The summed E-state index contributed by atoms with van der Waals surface area (Å²) in [6, 6.07) is 20.8. The molecule has 0 spiro atoms. The zero-order valence-electron chi connectivity index (χ0n) is 10.3. The molecule has 1 aliphatic rings. The van der Waals surface area contributed by atoms with Crippen LogP contribution in [0.3, 0.4) is 0 Å². The maximum absolute atomic E-state index is 6.79. The second-order valence-corrected chi connectivity index (χ2v) is 8.77. The fourth-order valence-electron chi connectivity index (χ4n) is 2.07. The van der Waals surface area contributed by atoms with Crippen LogP contribution in [0.15, 0.2) is 78.9 Å². The quantitative estimate of drug-likeness (QED) is 0.723. The number of hydrogen-bond acceptors (Lipinski definition) is 0. The Bertz CT molecular complexity index is 667. The van der Waals surface area contributed by atoms with Crippen LogP contribution in [0.4, 0.5) is 0 Å². The molecule has 1 aliphatic heterocycles. The molecule has 0 aliphatic carbocycles. The van der Waals surface area contributed by atoms with Crippen molar-refractivity contribution in [3.63, 3.8) is 0 Å². The fraction of sp³-hybridized carbons (Fsp3) is 0. The first-order valence-corrected chi connectivity index (χ1v) is 10.1. The normalized spacial score (nSPS) is 18.3. The molecule has 2 aromatic rings. The van der Waals surface area contributed by atoms with E-state index in [0.717, 1.165) is 0 Å². The van der Waals surface area contributed by atoms with E-state index in [1.54, 1.807) is 0 Å². The van der Waals surface area contributed by atoms with Crippen LogP contribution in [0, 0.1) is 0 Å². The van der Waals surface area contributed by atoms with E-state index in [-0.39, 0.29) is 0 Å². The molecule has 2 aromatic carbocycles. The Hall–Kier alpha value is -1.40. The van der Waals surface area contributed by atoms with Gasteiger partial charge in [0.15, 0.2) is 0 Å². The average molecular weight is 332 g/mol. The predicted molar refractivity (Wildman–Crippen MR) is 85.7 cm³/mol. The van der Waals surface area contributed by atoms with Crippen molar-refractivity contribution >= 4 is 31.5 Å². The maximum atomic E-state index is 6.79. The summed E-state index contributed by atoms with van der Waals surface area (Å²) in [7, 11) is 6.79. The Balaban J connectivity index is 2.09. The van der Waals surface area contributed by atoms with Gasteiger partial charge in [0.05, 0.1) is 0 Å². The first-order valence-electron chi connectivity index (χ1n) is 6.13. The Morgan fingerprint density at radius 2 is 1.32 bits per heavy atom. The number of allylic oxidation sites excluding steroid dienone is 3. The van der Waals surface area contributed by atoms with Gasteiger partial charge in [0.2, 0.25) is 0 Å². The molecule has 0 fully saturated rings. The van der Waals surface area contributed by atoms with Crippen molar-refractivity contribution in [1.82, 2.24) is 0 Å². The molecule has 0 N–H and O–H groups in total. The van der Waals surface area contributed by atoms with Crippen molar-refractivity contribution in [2.75, 3.05) is 0 Å².